The van der Waals surface area contributed by atoms with Gasteiger partial charge in [-0.1, -0.05) is 30.7 Å². The van der Waals surface area contributed by atoms with Gasteiger partial charge in [-0.05, 0) is 51.3 Å². The molecule has 0 bridgehead atoms. The van der Waals surface area contributed by atoms with Crippen molar-refractivity contribution in [1.82, 2.24) is 4.90 Å². The lowest BCUT2D eigenvalue weighted by Gasteiger charge is -2.38. The summed E-state index contributed by atoms with van der Waals surface area (Å²) in [7, 11) is 0. The third kappa shape index (κ3) is 3.64. The minimum Gasteiger partial charge on any atom is -0.392 e. The number of rotatable bonds is 4. The standard InChI is InChI=1S/C18H26N2O/c1-14(21)17-10-6-7-11-20(17)12-15-8-4-5-9-16(15)18(2,3)13-19/h4-5,8-9,14,17,21H,6-7,10-12H2,1-3H3. The highest BCUT2D eigenvalue weighted by Crippen LogP contribution is 2.29. The molecule has 0 aliphatic carbocycles. The monoisotopic (exact) mass is 286 g/mol. The van der Waals surface area contributed by atoms with Gasteiger partial charge >= 0.3 is 0 Å². The smallest absolute Gasteiger partial charge is 0.0769 e. The summed E-state index contributed by atoms with van der Waals surface area (Å²) < 4.78 is 0. The van der Waals surface area contributed by atoms with Crippen molar-refractivity contribution in [3.05, 3.63) is 35.4 Å². The minimum atomic E-state index is -0.479. The molecule has 114 valence electrons. The molecule has 1 aromatic rings. The Balaban J connectivity index is 2.25. The Labute approximate surface area is 128 Å². The van der Waals surface area contributed by atoms with Gasteiger partial charge in [0.1, 0.15) is 0 Å². The number of likely N-dealkylation sites (tertiary alicyclic amines) is 1. The molecule has 1 fully saturated rings. The van der Waals surface area contributed by atoms with E-state index in [1.807, 2.05) is 32.9 Å². The van der Waals surface area contributed by atoms with Gasteiger partial charge in [-0.3, -0.25) is 4.90 Å². The number of hydrogen-bond acceptors (Lipinski definition) is 3. The van der Waals surface area contributed by atoms with Crippen molar-refractivity contribution in [2.24, 2.45) is 0 Å². The Morgan fingerprint density at radius 1 is 1.38 bits per heavy atom. The van der Waals surface area contributed by atoms with E-state index in [1.165, 1.54) is 18.4 Å². The van der Waals surface area contributed by atoms with Crippen molar-refractivity contribution < 1.29 is 5.11 Å². The second kappa shape index (κ2) is 6.60. The van der Waals surface area contributed by atoms with Crippen molar-refractivity contribution in [2.45, 2.75) is 64.1 Å². The zero-order chi connectivity index (χ0) is 15.5. The van der Waals surface area contributed by atoms with Crippen molar-refractivity contribution in [3.8, 4) is 6.07 Å². The summed E-state index contributed by atoms with van der Waals surface area (Å²) in [5, 5.41) is 19.4. The fraction of sp³-hybridized carbons (Fsp3) is 0.611. The number of piperidine rings is 1. The lowest BCUT2D eigenvalue weighted by atomic mass is 9.82. The molecule has 3 nitrogen and oxygen atoms in total. The van der Waals surface area contributed by atoms with Gasteiger partial charge in [-0.2, -0.15) is 5.26 Å². The van der Waals surface area contributed by atoms with Crippen LogP contribution in [0, 0.1) is 11.3 Å². The van der Waals surface area contributed by atoms with Crippen molar-refractivity contribution in [1.29, 1.82) is 5.26 Å². The maximum absolute atomic E-state index is 10.0. The van der Waals surface area contributed by atoms with E-state index in [0.717, 1.165) is 25.1 Å². The van der Waals surface area contributed by atoms with Crippen molar-refractivity contribution >= 4 is 0 Å². The first-order valence-corrected chi connectivity index (χ1v) is 7.87. The average molecular weight is 286 g/mol. The lowest BCUT2D eigenvalue weighted by molar-refractivity contribution is 0.0314. The SMILES string of the molecule is CC(O)C1CCCCN1Cc1ccccc1C(C)(C)C#N. The normalized spacial score (nSPS) is 21.8. The van der Waals surface area contributed by atoms with E-state index in [2.05, 4.69) is 23.1 Å². The van der Waals surface area contributed by atoms with E-state index in [1.54, 1.807) is 0 Å². The summed E-state index contributed by atoms with van der Waals surface area (Å²) in [6.07, 6.45) is 3.13. The molecule has 3 heteroatoms. The Hall–Kier alpha value is -1.37. The minimum absolute atomic E-state index is 0.233. The fourth-order valence-electron chi connectivity index (χ4n) is 3.31. The number of nitrogens with zero attached hydrogens (tertiary/aromatic N) is 2. The molecule has 1 N–H and O–H groups in total. The molecule has 0 spiro atoms. The van der Waals surface area contributed by atoms with Crippen LogP contribution in [0.1, 0.15) is 51.2 Å². The predicted octanol–water partition coefficient (Wildman–Crippen LogP) is 3.22. The van der Waals surface area contributed by atoms with Gasteiger partial charge in [0.2, 0.25) is 0 Å². The summed E-state index contributed by atoms with van der Waals surface area (Å²) in [6, 6.07) is 10.8. The summed E-state index contributed by atoms with van der Waals surface area (Å²) in [4.78, 5) is 2.38. The van der Waals surface area contributed by atoms with Crippen LogP contribution in [0.25, 0.3) is 0 Å². The molecule has 0 radical (unpaired) electrons. The number of hydrogen-bond donors (Lipinski definition) is 1. The summed E-state index contributed by atoms with van der Waals surface area (Å²) >= 11 is 0. The predicted molar refractivity (Wildman–Crippen MR) is 84.8 cm³/mol. The molecule has 1 heterocycles. The van der Waals surface area contributed by atoms with Gasteiger partial charge in [-0.25, -0.2) is 0 Å². The van der Waals surface area contributed by atoms with E-state index < -0.39 is 5.41 Å². The topological polar surface area (TPSA) is 47.3 Å². The van der Waals surface area contributed by atoms with Crippen LogP contribution in [0.5, 0.6) is 0 Å². The molecule has 21 heavy (non-hydrogen) atoms. The number of benzene rings is 1. The van der Waals surface area contributed by atoms with Crippen LogP contribution in [0.4, 0.5) is 0 Å². The fourth-order valence-corrected chi connectivity index (χ4v) is 3.31. The van der Waals surface area contributed by atoms with Gasteiger partial charge in [0, 0.05) is 12.6 Å². The summed E-state index contributed by atoms with van der Waals surface area (Å²) in [5.41, 5.74) is 1.83. The van der Waals surface area contributed by atoms with Gasteiger partial charge in [-0.15, -0.1) is 0 Å². The highest BCUT2D eigenvalue weighted by molar-refractivity contribution is 5.37. The molecule has 1 aromatic carbocycles. The Bertz CT molecular complexity index is 516. The average Bonchev–Trinajstić information content (AvgIpc) is 2.48. The van der Waals surface area contributed by atoms with Crippen LogP contribution in [0.3, 0.4) is 0 Å². The molecule has 2 atom stereocenters. The summed E-state index contributed by atoms with van der Waals surface area (Å²) in [5.74, 6) is 0. The largest absolute Gasteiger partial charge is 0.392 e. The van der Waals surface area contributed by atoms with Crippen LogP contribution in [0.15, 0.2) is 24.3 Å². The highest BCUT2D eigenvalue weighted by Gasteiger charge is 2.28. The van der Waals surface area contributed by atoms with E-state index in [4.69, 9.17) is 0 Å². The molecular formula is C18H26N2O. The lowest BCUT2D eigenvalue weighted by Crippen LogP contribution is -2.45. The van der Waals surface area contributed by atoms with Crippen LogP contribution >= 0.6 is 0 Å². The second-order valence-corrected chi connectivity index (χ2v) is 6.67. The quantitative estimate of drug-likeness (QED) is 0.924. The maximum Gasteiger partial charge on any atom is 0.0769 e. The number of nitriles is 1. The third-order valence-corrected chi connectivity index (χ3v) is 4.56. The molecule has 0 amide bonds. The molecule has 0 saturated carbocycles. The Morgan fingerprint density at radius 2 is 2.10 bits per heavy atom. The van der Waals surface area contributed by atoms with Crippen molar-refractivity contribution in [3.63, 3.8) is 0 Å². The van der Waals surface area contributed by atoms with Crippen LogP contribution in [-0.4, -0.2) is 28.7 Å². The maximum atomic E-state index is 10.0. The molecular weight excluding hydrogens is 260 g/mol. The third-order valence-electron chi connectivity index (χ3n) is 4.56. The number of aliphatic hydroxyl groups excluding tert-OH is 1. The molecule has 1 aliphatic rings. The van der Waals surface area contributed by atoms with Gasteiger partial charge in [0.15, 0.2) is 0 Å². The van der Waals surface area contributed by atoms with Gasteiger partial charge < -0.3 is 5.11 Å². The molecule has 0 aromatic heterocycles. The molecule has 2 unspecified atom stereocenters. The van der Waals surface area contributed by atoms with E-state index in [9.17, 15) is 10.4 Å². The highest BCUT2D eigenvalue weighted by atomic mass is 16.3. The van der Waals surface area contributed by atoms with E-state index >= 15 is 0 Å². The van der Waals surface area contributed by atoms with Gasteiger partial charge in [0.25, 0.3) is 0 Å². The van der Waals surface area contributed by atoms with Gasteiger partial charge in [0.05, 0.1) is 17.6 Å². The van der Waals surface area contributed by atoms with Crippen LogP contribution in [0.2, 0.25) is 0 Å². The van der Waals surface area contributed by atoms with E-state index in [0.29, 0.717) is 0 Å². The number of aliphatic hydroxyl groups is 1. The van der Waals surface area contributed by atoms with Crippen molar-refractivity contribution in [2.75, 3.05) is 6.54 Å². The second-order valence-electron chi connectivity index (χ2n) is 6.67. The Morgan fingerprint density at radius 3 is 2.76 bits per heavy atom. The summed E-state index contributed by atoms with van der Waals surface area (Å²) in [6.45, 7) is 7.66. The zero-order valence-corrected chi connectivity index (χ0v) is 13.3. The first-order valence-electron chi connectivity index (χ1n) is 7.87. The first-order chi connectivity index (χ1) is 9.95. The first kappa shape index (κ1) is 16.0. The van der Waals surface area contributed by atoms with E-state index in [-0.39, 0.29) is 12.1 Å². The Kier molecular flexibility index (Phi) is 5.03. The molecule has 1 aliphatic heterocycles. The molecule has 2 rings (SSSR count). The molecule has 1 saturated heterocycles. The van der Waals surface area contributed by atoms with Crippen LogP contribution in [-0.2, 0) is 12.0 Å². The zero-order valence-electron chi connectivity index (χ0n) is 13.3. The van der Waals surface area contributed by atoms with Crippen LogP contribution < -0.4 is 0 Å².